The minimum absolute atomic E-state index is 0. The largest absolute Gasteiger partial charge is 2.00 e. The Morgan fingerprint density at radius 2 is 1.73 bits per heavy atom. The third kappa shape index (κ3) is 3.14. The van der Waals surface area contributed by atoms with Gasteiger partial charge in [0.1, 0.15) is 0 Å². The second kappa shape index (κ2) is 5.17. The first kappa shape index (κ1) is 11.5. The number of rotatable bonds is 1. The zero-order valence-electron chi connectivity index (χ0n) is 6.33. The second-order valence-electron chi connectivity index (χ2n) is 2.49. The predicted octanol–water partition coefficient (Wildman–Crippen LogP) is -0.999. The molecule has 0 amide bonds. The molecule has 0 aromatic heterocycles. The van der Waals surface area contributed by atoms with E-state index >= 15 is 0 Å². The Kier molecular flexibility index (Phi) is 5.39. The molecule has 0 nitrogen and oxygen atoms in total. The van der Waals surface area contributed by atoms with Crippen molar-refractivity contribution in [3.8, 4) is 0 Å². The minimum atomic E-state index is 0. The van der Waals surface area contributed by atoms with Gasteiger partial charge in [0.15, 0.2) is 0 Å². The molecule has 0 saturated heterocycles. The molecule has 0 spiro atoms. The van der Waals surface area contributed by atoms with E-state index in [0.717, 1.165) is 5.92 Å². The molecule has 0 N–H and O–H groups in total. The van der Waals surface area contributed by atoms with Gasteiger partial charge >= 0.3 is 23.1 Å². The summed E-state index contributed by atoms with van der Waals surface area (Å²) in [6, 6.07) is 10.6. The van der Waals surface area contributed by atoms with Crippen molar-refractivity contribution in [2.75, 3.05) is 0 Å². The molecule has 11 heavy (non-hydrogen) atoms. The van der Waals surface area contributed by atoms with Crippen LogP contribution in [-0.2, 0) is 0 Å². The molecule has 2 heteroatoms. The summed E-state index contributed by atoms with van der Waals surface area (Å²) in [6.07, 6.45) is 3.61. The summed E-state index contributed by atoms with van der Waals surface area (Å²) in [5, 5.41) is 0. The van der Waals surface area contributed by atoms with Gasteiger partial charge in [-0.05, 0) is 0 Å². The first-order valence-corrected chi connectivity index (χ1v) is 3.35. The van der Waals surface area contributed by atoms with Crippen LogP contribution in [0.1, 0.15) is 17.9 Å². The summed E-state index contributed by atoms with van der Waals surface area (Å²) >= 11 is 0. The summed E-state index contributed by atoms with van der Waals surface area (Å²) in [6.45, 7) is 0. The van der Waals surface area contributed by atoms with Crippen LogP contribution in [0.2, 0.25) is 0 Å². The van der Waals surface area contributed by atoms with Gasteiger partial charge in [-0.2, -0.15) is 12.3 Å². The number of benzene rings is 1. The zero-order valence-corrected chi connectivity index (χ0v) is 9.33. The predicted molar refractivity (Wildman–Crippen MR) is 43.9 cm³/mol. The Balaban J connectivity index is 0.000000500. The quantitative estimate of drug-likeness (QED) is 0.422. The monoisotopic (exact) mass is 220 g/mol. The minimum Gasteiger partial charge on any atom is -1.00 e. The number of hydrogen-bond donors (Lipinski definition) is 0. The molecule has 1 aliphatic rings. The van der Waals surface area contributed by atoms with Crippen molar-refractivity contribution in [2.24, 2.45) is 0 Å². The van der Waals surface area contributed by atoms with Gasteiger partial charge in [-0.15, -0.1) is 0 Å². The van der Waals surface area contributed by atoms with Crippen molar-refractivity contribution in [3.63, 3.8) is 0 Å². The van der Waals surface area contributed by atoms with Crippen LogP contribution in [0.4, 0.5) is 0 Å². The summed E-state index contributed by atoms with van der Waals surface area (Å²) in [7, 11) is 0. The normalized spacial score (nSPS) is 19.5. The van der Waals surface area contributed by atoms with E-state index in [9.17, 15) is 0 Å². The zero-order chi connectivity index (χ0) is 6.10. The molecule has 1 saturated carbocycles. The van der Waals surface area contributed by atoms with E-state index in [1.165, 1.54) is 12.0 Å². The van der Waals surface area contributed by atoms with E-state index in [1.807, 2.05) is 0 Å². The molecule has 1 atom stereocenters. The smallest absolute Gasteiger partial charge is 1.00 e. The van der Waals surface area contributed by atoms with Gasteiger partial charge in [0.2, 0.25) is 0 Å². The number of hydrogen-bond acceptors (Lipinski definition) is 0. The molecule has 0 bridgehead atoms. The molecule has 1 fully saturated rings. The van der Waals surface area contributed by atoms with Crippen molar-refractivity contribution < 1.29 is 17.0 Å². The Morgan fingerprint density at radius 1 is 1.18 bits per heavy atom. The fraction of sp³-hybridized carbons (Fsp3) is 0.222. The molecular formula is C9H9BrMg. The Labute approximate surface area is 94.3 Å². The van der Waals surface area contributed by atoms with Crippen LogP contribution < -0.4 is 17.0 Å². The molecule has 0 heterocycles. The molecule has 1 unspecified atom stereocenters. The topological polar surface area (TPSA) is 0 Å². The third-order valence-electron chi connectivity index (χ3n) is 1.70. The van der Waals surface area contributed by atoms with Crippen LogP contribution in [0.5, 0.6) is 0 Å². The van der Waals surface area contributed by atoms with Gasteiger partial charge in [0, 0.05) is 0 Å². The van der Waals surface area contributed by atoms with Crippen LogP contribution in [-0.4, -0.2) is 23.1 Å². The van der Waals surface area contributed by atoms with Gasteiger partial charge in [-0.1, -0.05) is 35.9 Å². The summed E-state index contributed by atoms with van der Waals surface area (Å²) in [4.78, 5) is 0. The van der Waals surface area contributed by atoms with Gasteiger partial charge in [-0.25, -0.2) is 0 Å². The van der Waals surface area contributed by atoms with Gasteiger partial charge in [-0.3, -0.25) is 0 Å². The fourth-order valence-corrected chi connectivity index (χ4v) is 1.04. The van der Waals surface area contributed by atoms with E-state index in [4.69, 9.17) is 0 Å². The molecule has 1 aromatic rings. The second-order valence-corrected chi connectivity index (χ2v) is 2.49. The van der Waals surface area contributed by atoms with Crippen LogP contribution >= 0.6 is 0 Å². The maximum Gasteiger partial charge on any atom is 2.00 e. The van der Waals surface area contributed by atoms with Crippen LogP contribution in [0.15, 0.2) is 30.3 Å². The average molecular weight is 221 g/mol. The fourth-order valence-electron chi connectivity index (χ4n) is 1.04. The molecule has 0 radical (unpaired) electrons. The molecule has 1 aromatic carbocycles. The number of halogens is 1. The Morgan fingerprint density at radius 3 is 2.18 bits per heavy atom. The van der Waals surface area contributed by atoms with Crippen molar-refractivity contribution in [2.45, 2.75) is 12.3 Å². The Hall–Kier alpha value is 0.466. The van der Waals surface area contributed by atoms with E-state index < -0.39 is 0 Å². The van der Waals surface area contributed by atoms with Crippen LogP contribution in [0.25, 0.3) is 0 Å². The summed E-state index contributed by atoms with van der Waals surface area (Å²) in [5.74, 6) is 0.784. The van der Waals surface area contributed by atoms with Crippen molar-refractivity contribution in [1.82, 2.24) is 0 Å². The maximum atomic E-state index is 2.33. The van der Waals surface area contributed by atoms with Gasteiger partial charge in [0.25, 0.3) is 0 Å². The molecule has 2 rings (SSSR count). The van der Waals surface area contributed by atoms with Crippen molar-refractivity contribution >= 4 is 23.1 Å². The van der Waals surface area contributed by atoms with E-state index in [2.05, 4.69) is 36.8 Å². The van der Waals surface area contributed by atoms with Crippen molar-refractivity contribution in [1.29, 1.82) is 0 Å². The standard InChI is InChI=1S/C9H9.BrH.Mg/c1-2-4-8(5-3-1)9-6-7-9;;/h1-6,9H,7H2;1H;/q-1;;+2/p-1. The Bertz CT molecular complexity index is 194. The van der Waals surface area contributed by atoms with E-state index in [1.54, 1.807) is 0 Å². The third-order valence-corrected chi connectivity index (χ3v) is 1.70. The molecule has 1 aliphatic carbocycles. The van der Waals surface area contributed by atoms with Crippen molar-refractivity contribution in [3.05, 3.63) is 42.3 Å². The SMILES string of the molecule is [Br-].[Mg+2].c1ccc(C2[CH-]C2)cc1. The summed E-state index contributed by atoms with van der Waals surface area (Å²) < 4.78 is 0. The maximum absolute atomic E-state index is 2.33. The summed E-state index contributed by atoms with van der Waals surface area (Å²) in [5.41, 5.74) is 1.47. The first-order valence-electron chi connectivity index (χ1n) is 3.35. The molecular weight excluding hydrogens is 212 g/mol. The molecule has 0 aliphatic heterocycles. The van der Waals surface area contributed by atoms with E-state index in [-0.39, 0.29) is 40.0 Å². The van der Waals surface area contributed by atoms with Gasteiger partial charge < -0.3 is 23.4 Å². The van der Waals surface area contributed by atoms with Crippen LogP contribution in [0, 0.1) is 6.42 Å². The molecule has 54 valence electrons. The average Bonchev–Trinajstić information content (AvgIpc) is 2.71. The first-order chi connectivity index (χ1) is 4.47. The van der Waals surface area contributed by atoms with E-state index in [0.29, 0.717) is 0 Å². The van der Waals surface area contributed by atoms with Crippen LogP contribution in [0.3, 0.4) is 0 Å². The van der Waals surface area contributed by atoms with Gasteiger partial charge in [0.05, 0.1) is 0 Å².